The first-order valence-electron chi connectivity index (χ1n) is 6.35. The largest absolute Gasteiger partial charge is 0.362 e. The van der Waals surface area contributed by atoms with Gasteiger partial charge in [0.1, 0.15) is 17.0 Å². The summed E-state index contributed by atoms with van der Waals surface area (Å²) in [4.78, 5) is 9.84. The highest BCUT2D eigenvalue weighted by molar-refractivity contribution is 7.16. The number of hydrogen-bond acceptors (Lipinski definition) is 7. The standard InChI is InChI=1S/C12H15N7S/c1-3-19-7-15-18-9(19)6-14-10-8-4-5-20-11(8)17-12(13-2)16-10/h4-5,7H,3,6H2,1-2H3,(H2,13,14,16,17). The monoisotopic (exact) mass is 289 g/mol. The van der Waals surface area contributed by atoms with Crippen molar-refractivity contribution in [3.05, 3.63) is 23.6 Å². The van der Waals surface area contributed by atoms with Crippen molar-refractivity contribution >= 4 is 33.3 Å². The summed E-state index contributed by atoms with van der Waals surface area (Å²) >= 11 is 1.60. The molecule has 8 heteroatoms. The van der Waals surface area contributed by atoms with Gasteiger partial charge < -0.3 is 15.2 Å². The third kappa shape index (κ3) is 2.29. The maximum Gasteiger partial charge on any atom is 0.225 e. The third-order valence-corrected chi connectivity index (χ3v) is 3.81. The Morgan fingerprint density at radius 3 is 3.05 bits per heavy atom. The van der Waals surface area contributed by atoms with Gasteiger partial charge in [-0.25, -0.2) is 4.98 Å². The molecule has 0 saturated heterocycles. The Morgan fingerprint density at radius 1 is 1.35 bits per heavy atom. The number of aromatic nitrogens is 5. The molecular weight excluding hydrogens is 274 g/mol. The molecule has 0 saturated carbocycles. The molecule has 0 fully saturated rings. The quantitative estimate of drug-likeness (QED) is 0.747. The van der Waals surface area contributed by atoms with Gasteiger partial charge in [0.15, 0.2) is 5.82 Å². The Bertz CT molecular complexity index is 717. The Kier molecular flexibility index (Phi) is 3.46. The van der Waals surface area contributed by atoms with Gasteiger partial charge in [-0.3, -0.25) is 0 Å². The van der Waals surface area contributed by atoms with Crippen molar-refractivity contribution < 1.29 is 0 Å². The average molecular weight is 289 g/mol. The first-order valence-corrected chi connectivity index (χ1v) is 7.23. The second-order valence-electron chi connectivity index (χ2n) is 4.17. The minimum Gasteiger partial charge on any atom is -0.362 e. The molecule has 0 bridgehead atoms. The second-order valence-corrected chi connectivity index (χ2v) is 5.07. The first-order chi connectivity index (χ1) is 9.81. The summed E-state index contributed by atoms with van der Waals surface area (Å²) in [5.41, 5.74) is 0. The molecule has 0 radical (unpaired) electrons. The molecule has 3 heterocycles. The van der Waals surface area contributed by atoms with Crippen molar-refractivity contribution in [1.82, 2.24) is 24.7 Å². The molecule has 104 valence electrons. The summed E-state index contributed by atoms with van der Waals surface area (Å²) in [6.07, 6.45) is 1.73. The second kappa shape index (κ2) is 5.41. The van der Waals surface area contributed by atoms with Gasteiger partial charge in [0.05, 0.1) is 11.9 Å². The lowest BCUT2D eigenvalue weighted by atomic mass is 10.3. The number of rotatable bonds is 5. The van der Waals surface area contributed by atoms with Gasteiger partial charge in [-0.2, -0.15) is 4.98 Å². The summed E-state index contributed by atoms with van der Waals surface area (Å²) in [5, 5.41) is 17.4. The first kappa shape index (κ1) is 12.8. The zero-order valence-electron chi connectivity index (χ0n) is 11.3. The lowest BCUT2D eigenvalue weighted by Gasteiger charge is -2.08. The summed E-state index contributed by atoms with van der Waals surface area (Å²) in [6, 6.07) is 2.02. The number of nitrogens with zero attached hydrogens (tertiary/aromatic N) is 5. The van der Waals surface area contributed by atoms with E-state index in [1.807, 2.05) is 23.1 Å². The van der Waals surface area contributed by atoms with E-state index in [0.29, 0.717) is 12.5 Å². The molecule has 0 aromatic carbocycles. The van der Waals surface area contributed by atoms with Crippen LogP contribution in [0, 0.1) is 0 Å². The van der Waals surface area contributed by atoms with Crippen LogP contribution in [0.1, 0.15) is 12.7 Å². The molecule has 0 spiro atoms. The molecule has 3 rings (SSSR count). The SMILES string of the molecule is CCn1cnnc1CNc1nc(NC)nc2sccc12. The summed E-state index contributed by atoms with van der Waals surface area (Å²) < 4.78 is 2.00. The summed E-state index contributed by atoms with van der Waals surface area (Å²) in [5.74, 6) is 2.31. The fourth-order valence-corrected chi connectivity index (χ4v) is 2.71. The van der Waals surface area contributed by atoms with Gasteiger partial charge in [-0.15, -0.1) is 21.5 Å². The Morgan fingerprint density at radius 2 is 2.25 bits per heavy atom. The zero-order valence-corrected chi connectivity index (χ0v) is 12.1. The number of nitrogens with one attached hydrogen (secondary N) is 2. The molecule has 0 amide bonds. The van der Waals surface area contributed by atoms with Crippen LogP contribution in [0.15, 0.2) is 17.8 Å². The van der Waals surface area contributed by atoms with Gasteiger partial charge in [-0.05, 0) is 18.4 Å². The third-order valence-electron chi connectivity index (χ3n) is 3.00. The van der Waals surface area contributed by atoms with Crippen LogP contribution in [0.4, 0.5) is 11.8 Å². The van der Waals surface area contributed by atoms with Crippen molar-refractivity contribution in [2.24, 2.45) is 0 Å². The van der Waals surface area contributed by atoms with Crippen molar-refractivity contribution in [3.8, 4) is 0 Å². The van der Waals surface area contributed by atoms with E-state index in [4.69, 9.17) is 0 Å². The van der Waals surface area contributed by atoms with Crippen LogP contribution in [0.2, 0.25) is 0 Å². The van der Waals surface area contributed by atoms with E-state index < -0.39 is 0 Å². The van der Waals surface area contributed by atoms with E-state index in [0.717, 1.165) is 28.4 Å². The summed E-state index contributed by atoms with van der Waals surface area (Å²) in [7, 11) is 1.81. The smallest absolute Gasteiger partial charge is 0.225 e. The van der Waals surface area contributed by atoms with Gasteiger partial charge in [-0.1, -0.05) is 0 Å². The molecule has 7 nitrogen and oxygen atoms in total. The van der Waals surface area contributed by atoms with Gasteiger partial charge >= 0.3 is 0 Å². The van der Waals surface area contributed by atoms with Crippen LogP contribution >= 0.6 is 11.3 Å². The van der Waals surface area contributed by atoms with E-state index in [-0.39, 0.29) is 0 Å². The van der Waals surface area contributed by atoms with Gasteiger partial charge in [0.25, 0.3) is 0 Å². The lowest BCUT2D eigenvalue weighted by molar-refractivity contribution is 0.707. The highest BCUT2D eigenvalue weighted by Crippen LogP contribution is 2.26. The molecule has 20 heavy (non-hydrogen) atoms. The molecule has 0 aliphatic carbocycles. The molecular formula is C12H15N7S. The van der Waals surface area contributed by atoms with Crippen LogP contribution in [-0.2, 0) is 13.1 Å². The van der Waals surface area contributed by atoms with Crippen LogP contribution in [0.25, 0.3) is 10.2 Å². The van der Waals surface area contributed by atoms with E-state index >= 15 is 0 Å². The molecule has 0 atom stereocenters. The van der Waals surface area contributed by atoms with Crippen molar-refractivity contribution in [3.63, 3.8) is 0 Å². The van der Waals surface area contributed by atoms with Crippen molar-refractivity contribution in [2.45, 2.75) is 20.0 Å². The lowest BCUT2D eigenvalue weighted by Crippen LogP contribution is -2.09. The van der Waals surface area contributed by atoms with Crippen LogP contribution in [0.5, 0.6) is 0 Å². The fraction of sp³-hybridized carbons (Fsp3) is 0.333. The highest BCUT2D eigenvalue weighted by atomic mass is 32.1. The number of aryl methyl sites for hydroxylation is 1. The van der Waals surface area contributed by atoms with Crippen molar-refractivity contribution in [2.75, 3.05) is 17.7 Å². The van der Waals surface area contributed by atoms with E-state index in [9.17, 15) is 0 Å². The van der Waals surface area contributed by atoms with Gasteiger partial charge in [0.2, 0.25) is 5.95 Å². The minimum absolute atomic E-state index is 0.582. The average Bonchev–Trinajstić information content (AvgIpc) is 3.12. The van der Waals surface area contributed by atoms with Gasteiger partial charge in [0, 0.05) is 13.6 Å². The van der Waals surface area contributed by atoms with E-state index in [2.05, 4.69) is 37.7 Å². The Labute approximate surface area is 120 Å². The number of anilines is 2. The molecule has 0 aliphatic heterocycles. The van der Waals surface area contributed by atoms with E-state index in [1.54, 1.807) is 17.7 Å². The maximum absolute atomic E-state index is 4.46. The zero-order chi connectivity index (χ0) is 13.9. The highest BCUT2D eigenvalue weighted by Gasteiger charge is 2.09. The number of hydrogen-bond donors (Lipinski definition) is 2. The molecule has 2 N–H and O–H groups in total. The Balaban J connectivity index is 1.88. The van der Waals surface area contributed by atoms with Crippen LogP contribution in [0.3, 0.4) is 0 Å². The molecule has 0 unspecified atom stereocenters. The predicted molar refractivity (Wildman–Crippen MR) is 80.0 cm³/mol. The molecule has 3 aromatic rings. The minimum atomic E-state index is 0.582. The maximum atomic E-state index is 4.46. The molecule has 3 aromatic heterocycles. The number of fused-ring (bicyclic) bond motifs is 1. The van der Waals surface area contributed by atoms with E-state index in [1.165, 1.54) is 0 Å². The summed E-state index contributed by atoms with van der Waals surface area (Å²) in [6.45, 7) is 3.50. The van der Waals surface area contributed by atoms with Crippen molar-refractivity contribution in [1.29, 1.82) is 0 Å². The Hall–Kier alpha value is -2.22. The normalized spacial score (nSPS) is 10.9. The number of thiophene rings is 1. The predicted octanol–water partition coefficient (Wildman–Crippen LogP) is 1.96. The topological polar surface area (TPSA) is 80.5 Å². The molecule has 0 aliphatic rings. The van der Waals surface area contributed by atoms with Crippen LogP contribution in [-0.4, -0.2) is 31.8 Å². The van der Waals surface area contributed by atoms with Crippen LogP contribution < -0.4 is 10.6 Å². The fourth-order valence-electron chi connectivity index (χ4n) is 1.94.